The summed E-state index contributed by atoms with van der Waals surface area (Å²) in [5, 5.41) is 0.405. The predicted molar refractivity (Wildman–Crippen MR) is 180 cm³/mol. The highest BCUT2D eigenvalue weighted by Crippen LogP contribution is 2.46. The van der Waals surface area contributed by atoms with Gasteiger partial charge in [-0.15, -0.1) is 0 Å². The first-order valence-corrected chi connectivity index (χ1v) is 19.7. The molecule has 4 aromatic rings. The monoisotopic (exact) mass is 665 g/mol. The molecule has 2 heterocycles. The smallest absolute Gasteiger partial charge is 0.258 e. The summed E-state index contributed by atoms with van der Waals surface area (Å²) in [6.07, 6.45) is 2.70. The molecule has 0 atom stereocenters. The quantitative estimate of drug-likeness (QED) is 0.170. The van der Waals surface area contributed by atoms with E-state index >= 15 is 0 Å². The van der Waals surface area contributed by atoms with Gasteiger partial charge in [0.05, 0.1) is 24.6 Å². The number of carbonyl (C=O) groups excluding carboxylic acids is 1. The summed E-state index contributed by atoms with van der Waals surface area (Å²) in [7, 11) is -3.01. The van der Waals surface area contributed by atoms with E-state index in [1.165, 1.54) is 23.5 Å². The van der Waals surface area contributed by atoms with Crippen molar-refractivity contribution in [2.75, 3.05) is 24.7 Å². The maximum Gasteiger partial charge on any atom is 0.258 e. The minimum absolute atomic E-state index is 0.101. The zero-order valence-corrected chi connectivity index (χ0v) is 29.3. The van der Waals surface area contributed by atoms with Crippen LogP contribution in [0.25, 0.3) is 10.9 Å². The first-order valence-electron chi connectivity index (χ1n) is 14.9. The summed E-state index contributed by atoms with van der Waals surface area (Å²) in [6, 6.07) is 15.2. The van der Waals surface area contributed by atoms with Crippen LogP contribution in [-0.2, 0) is 29.7 Å². The number of hydrogen-bond donors (Lipinski definition) is 0. The highest BCUT2D eigenvalue weighted by Gasteiger charge is 2.41. The molecule has 0 spiro atoms. The third-order valence-electron chi connectivity index (χ3n) is 8.86. The second-order valence-corrected chi connectivity index (χ2v) is 19.8. The summed E-state index contributed by atoms with van der Waals surface area (Å²) in [4.78, 5) is 20.5. The molecule has 0 radical (unpaired) electrons. The molecule has 46 heavy (non-hydrogen) atoms. The second kappa shape index (κ2) is 12.2. The lowest BCUT2D eigenvalue weighted by atomic mass is 10.0. The first-order chi connectivity index (χ1) is 21.5. The maximum absolute atomic E-state index is 14.5. The molecule has 0 N–H and O–H groups in total. The van der Waals surface area contributed by atoms with Crippen LogP contribution >= 0.6 is 0 Å². The number of anilines is 1. The third kappa shape index (κ3) is 6.41. The van der Waals surface area contributed by atoms with Crippen molar-refractivity contribution in [3.05, 3.63) is 88.9 Å². The topological polar surface area (TPSA) is 98.3 Å². The van der Waals surface area contributed by atoms with Crippen LogP contribution in [0.5, 0.6) is 17.2 Å². The highest BCUT2D eigenvalue weighted by molar-refractivity contribution is 7.92. The van der Waals surface area contributed by atoms with Gasteiger partial charge in [0.2, 0.25) is 18.3 Å². The van der Waals surface area contributed by atoms with Gasteiger partial charge in [0, 0.05) is 48.9 Å². The van der Waals surface area contributed by atoms with E-state index in [1.54, 1.807) is 36.4 Å². The number of methoxy groups -OCH3 is 1. The van der Waals surface area contributed by atoms with E-state index in [4.69, 9.17) is 13.9 Å². The van der Waals surface area contributed by atoms with Gasteiger partial charge in [-0.2, -0.15) is 0 Å². The number of sulfonamides is 1. The molecule has 0 unspecified atom stereocenters. The molecule has 0 bridgehead atoms. The van der Waals surface area contributed by atoms with E-state index in [-0.39, 0.29) is 42.0 Å². The molecule has 244 valence electrons. The summed E-state index contributed by atoms with van der Waals surface area (Å²) in [5.41, 5.74) is 2.99. The van der Waals surface area contributed by atoms with E-state index in [9.17, 15) is 17.6 Å². The van der Waals surface area contributed by atoms with Crippen LogP contribution in [0, 0.1) is 5.82 Å². The fourth-order valence-electron chi connectivity index (χ4n) is 5.17. The number of aromatic nitrogens is 1. The van der Waals surface area contributed by atoms with Crippen molar-refractivity contribution in [3.8, 4) is 17.2 Å². The van der Waals surface area contributed by atoms with Crippen LogP contribution in [0.15, 0.2) is 60.8 Å². The number of benzene rings is 3. The molecule has 1 aliphatic heterocycles. The van der Waals surface area contributed by atoms with E-state index in [0.717, 1.165) is 11.8 Å². The Morgan fingerprint density at radius 3 is 2.41 bits per heavy atom. The van der Waals surface area contributed by atoms with Crippen LogP contribution in [0.1, 0.15) is 47.8 Å². The van der Waals surface area contributed by atoms with Crippen molar-refractivity contribution in [3.63, 3.8) is 0 Å². The lowest BCUT2D eigenvalue weighted by Gasteiger charge is -2.37. The van der Waals surface area contributed by atoms with Crippen LogP contribution in [0.3, 0.4) is 0 Å². The zero-order chi connectivity index (χ0) is 33.6. The van der Waals surface area contributed by atoms with Crippen LogP contribution < -0.4 is 18.2 Å². The van der Waals surface area contributed by atoms with Gasteiger partial charge in [0.25, 0.3) is 5.91 Å². The van der Waals surface area contributed by atoms with E-state index < -0.39 is 24.2 Å². The largest absolute Gasteiger partial charge is 0.543 e. The lowest BCUT2D eigenvalue weighted by Crippen LogP contribution is -2.44. The number of rotatable bonds is 10. The fraction of sp³-hybridized carbons (Fsp3) is 0.353. The molecule has 1 aliphatic rings. The molecule has 5 rings (SSSR count). The molecule has 1 amide bonds. The summed E-state index contributed by atoms with van der Waals surface area (Å²) in [5.74, 6) is 0.589. The van der Waals surface area contributed by atoms with Crippen molar-refractivity contribution in [2.24, 2.45) is 0 Å². The summed E-state index contributed by atoms with van der Waals surface area (Å²) in [6.45, 7) is 10.8. The fourth-order valence-corrected chi connectivity index (χ4v) is 6.76. The molecule has 0 fully saturated rings. The Morgan fingerprint density at radius 2 is 1.78 bits per heavy atom. The van der Waals surface area contributed by atoms with Crippen molar-refractivity contribution < 1.29 is 31.5 Å². The van der Waals surface area contributed by atoms with Gasteiger partial charge in [0.15, 0.2) is 5.75 Å². The Bertz CT molecular complexity index is 1910. The van der Waals surface area contributed by atoms with Crippen LogP contribution in [0.2, 0.25) is 18.1 Å². The van der Waals surface area contributed by atoms with Gasteiger partial charge >= 0.3 is 0 Å². The number of pyridine rings is 1. The summed E-state index contributed by atoms with van der Waals surface area (Å²) >= 11 is 0. The Kier molecular flexibility index (Phi) is 8.82. The number of amides is 1. The van der Waals surface area contributed by atoms with Crippen LogP contribution in [-0.4, -0.2) is 52.9 Å². The van der Waals surface area contributed by atoms with E-state index in [1.807, 2.05) is 24.3 Å². The van der Waals surface area contributed by atoms with Gasteiger partial charge in [-0.1, -0.05) is 39.0 Å². The van der Waals surface area contributed by atoms with Gasteiger partial charge in [0.1, 0.15) is 29.4 Å². The Labute approximate surface area is 271 Å². The van der Waals surface area contributed by atoms with Crippen molar-refractivity contribution in [1.82, 2.24) is 9.88 Å². The Hall–Kier alpha value is -4.16. The van der Waals surface area contributed by atoms with Crippen LogP contribution in [0.4, 0.5) is 10.1 Å². The second-order valence-electron chi connectivity index (χ2n) is 13.1. The van der Waals surface area contributed by atoms with Gasteiger partial charge < -0.3 is 18.8 Å². The molecular formula is C34H40FN3O6SSi. The third-order valence-corrected chi connectivity index (χ3v) is 14.4. The molecule has 1 aromatic heterocycles. The minimum Gasteiger partial charge on any atom is -0.543 e. The van der Waals surface area contributed by atoms with Gasteiger partial charge in [-0.25, -0.2) is 12.8 Å². The number of carbonyl (C=O) groups is 1. The molecule has 9 nitrogen and oxygen atoms in total. The molecule has 3 aromatic carbocycles. The van der Waals surface area contributed by atoms with Crippen molar-refractivity contribution in [2.45, 2.75) is 58.6 Å². The van der Waals surface area contributed by atoms with Crippen molar-refractivity contribution >= 4 is 40.8 Å². The van der Waals surface area contributed by atoms with Crippen molar-refractivity contribution in [1.29, 1.82) is 0 Å². The number of ether oxygens (including phenoxy) is 2. The van der Waals surface area contributed by atoms with E-state index in [0.29, 0.717) is 39.2 Å². The number of nitrogens with zero attached hydrogens (tertiary/aromatic N) is 3. The molecule has 12 heteroatoms. The van der Waals surface area contributed by atoms with Gasteiger partial charge in [-0.05, 0) is 54.0 Å². The maximum atomic E-state index is 14.5. The number of halogens is 1. The lowest BCUT2D eigenvalue weighted by molar-refractivity contribution is 0.0762. The normalized spacial score (nSPS) is 13.6. The van der Waals surface area contributed by atoms with E-state index in [2.05, 4.69) is 38.8 Å². The molecule has 0 aliphatic carbocycles. The minimum atomic E-state index is -3.72. The van der Waals surface area contributed by atoms with Gasteiger partial charge in [-0.3, -0.25) is 14.1 Å². The molecular weight excluding hydrogens is 626 g/mol. The first kappa shape index (κ1) is 33.2. The standard InChI is InChI=1S/C34H40FN3O6SSi/c1-34(2,3)46(7,8)44-28-18-24(35)14-13-23(28)19-38-20-27-29(33(38)39)32(43-21-22-11-15-25(42-5)16-12-22)30-26(10-9-17-36-30)31(27)37(4)45(6,40)41/h9-18H,19-21H2,1-8H3. The number of hydrogen-bond acceptors (Lipinski definition) is 7. The predicted octanol–water partition coefficient (Wildman–Crippen LogP) is 6.90. The average molecular weight is 666 g/mol. The molecule has 0 saturated carbocycles. The molecule has 0 saturated heterocycles. The average Bonchev–Trinajstić information content (AvgIpc) is 3.30. The zero-order valence-electron chi connectivity index (χ0n) is 27.5. The SMILES string of the molecule is COc1ccc(COc2c3c(c(N(C)S(C)(=O)=O)c4cccnc24)CN(Cc2ccc(F)cc2O[Si](C)(C)C(C)(C)C)C3=O)cc1. The Morgan fingerprint density at radius 1 is 1.09 bits per heavy atom. The highest BCUT2D eigenvalue weighted by atomic mass is 32.2. The summed E-state index contributed by atoms with van der Waals surface area (Å²) < 4.78 is 59.6. The number of fused-ring (bicyclic) bond motifs is 2. The Balaban J connectivity index is 1.61.